The van der Waals surface area contributed by atoms with Gasteiger partial charge in [0.05, 0.1) is 10.4 Å². The van der Waals surface area contributed by atoms with Crippen LogP contribution in [0.2, 0.25) is 0 Å². The van der Waals surface area contributed by atoms with E-state index in [0.717, 1.165) is 11.0 Å². The molecule has 1 atom stereocenters. The molecule has 21 heavy (non-hydrogen) atoms. The third kappa shape index (κ3) is 2.85. The highest BCUT2D eigenvalue weighted by molar-refractivity contribution is 7.93. The van der Waals surface area contributed by atoms with Gasteiger partial charge in [0.25, 0.3) is 0 Å². The van der Waals surface area contributed by atoms with E-state index in [9.17, 15) is 9.35 Å². The van der Waals surface area contributed by atoms with Crippen molar-refractivity contribution in [1.29, 1.82) is 0 Å². The Kier molecular flexibility index (Phi) is 3.78. The first-order valence-electron chi connectivity index (χ1n) is 6.06. The fourth-order valence-corrected chi connectivity index (χ4v) is 3.70. The van der Waals surface area contributed by atoms with Crippen molar-refractivity contribution in [1.82, 2.24) is 4.98 Å². The average Bonchev–Trinajstić information content (AvgIpc) is 2.87. The van der Waals surface area contributed by atoms with E-state index in [4.69, 9.17) is 5.73 Å². The lowest BCUT2D eigenvalue weighted by Gasteiger charge is -2.11. The maximum atomic E-state index is 12.4. The number of rotatable bonds is 4. The number of nitrogens with two attached hydrogens (primary N) is 1. The zero-order valence-electron chi connectivity index (χ0n) is 10.8. The number of para-hydroxylation sites is 1. The molecule has 0 amide bonds. The van der Waals surface area contributed by atoms with Gasteiger partial charge < -0.3 is 10.3 Å². The molecule has 106 valence electrons. The number of benzene rings is 2. The van der Waals surface area contributed by atoms with Crippen molar-refractivity contribution in [2.24, 2.45) is 0 Å². The lowest BCUT2D eigenvalue weighted by Crippen LogP contribution is -2.13. The summed E-state index contributed by atoms with van der Waals surface area (Å²) in [5.74, 6) is 0. The molecule has 0 saturated heterocycles. The molecule has 0 bridgehead atoms. The average molecular weight is 317 g/mol. The highest BCUT2D eigenvalue weighted by Crippen LogP contribution is 2.29. The molecule has 5 nitrogen and oxygen atoms in total. The van der Waals surface area contributed by atoms with Crippen LogP contribution in [0.5, 0.6) is 0 Å². The number of hydrogen-bond acceptors (Lipinski definition) is 6. The van der Waals surface area contributed by atoms with Gasteiger partial charge in [-0.15, -0.1) is 0 Å². The first kappa shape index (κ1) is 13.9. The second-order valence-corrected chi connectivity index (χ2v) is 6.51. The number of fused-ring (bicyclic) bond motifs is 1. The zero-order chi connectivity index (χ0) is 14.8. The van der Waals surface area contributed by atoms with Crippen LogP contribution in [0.4, 0.5) is 10.8 Å². The molecule has 0 fully saturated rings. The molecule has 2 aromatic carbocycles. The Bertz CT molecular complexity index is 787. The lowest BCUT2D eigenvalue weighted by atomic mass is 10.2. The summed E-state index contributed by atoms with van der Waals surface area (Å²) in [4.78, 5) is 15.4. The normalized spacial score (nSPS) is 12.2. The highest BCUT2D eigenvalue weighted by atomic mass is 32.2. The fraction of sp³-hybridized carbons (Fsp3) is 0. The summed E-state index contributed by atoms with van der Waals surface area (Å²) in [6.45, 7) is 0. The Morgan fingerprint density at radius 3 is 2.71 bits per heavy atom. The molecular formula is C14H11N3O2S2. The van der Waals surface area contributed by atoms with E-state index in [0.29, 0.717) is 26.8 Å². The van der Waals surface area contributed by atoms with Crippen LogP contribution in [-0.4, -0.2) is 15.8 Å². The third-order valence-electron chi connectivity index (χ3n) is 2.86. The summed E-state index contributed by atoms with van der Waals surface area (Å²) in [5, 5.41) is 0.449. The molecule has 0 aliphatic rings. The van der Waals surface area contributed by atoms with Gasteiger partial charge in [0.15, 0.2) is 5.13 Å². The molecular weight excluding hydrogens is 306 g/mol. The fourth-order valence-electron chi connectivity index (χ4n) is 1.88. The SMILES string of the molecule is Nc1nc2c([S+]([O-])Nc3ccc(C=O)cc3)cccc2s1. The molecule has 3 rings (SSSR count). The largest absolute Gasteiger partial charge is 0.588 e. The summed E-state index contributed by atoms with van der Waals surface area (Å²) in [5.41, 5.74) is 7.58. The van der Waals surface area contributed by atoms with Gasteiger partial charge in [0.1, 0.15) is 23.2 Å². The number of thiazole rings is 1. The van der Waals surface area contributed by atoms with Crippen LogP contribution in [0.1, 0.15) is 10.4 Å². The molecule has 3 aromatic rings. The smallest absolute Gasteiger partial charge is 0.206 e. The standard InChI is InChI=1S/C14H11N3O2S2/c15-14-16-13-11(20-14)2-1-3-12(13)21(19)17-10-6-4-9(8-18)5-7-10/h1-8,17H,(H2,15,16). The Morgan fingerprint density at radius 1 is 1.24 bits per heavy atom. The van der Waals surface area contributed by atoms with Crippen molar-refractivity contribution in [3.05, 3.63) is 48.0 Å². The van der Waals surface area contributed by atoms with Crippen molar-refractivity contribution in [3.63, 3.8) is 0 Å². The minimum absolute atomic E-state index is 0.449. The van der Waals surface area contributed by atoms with Crippen LogP contribution < -0.4 is 10.5 Å². The van der Waals surface area contributed by atoms with Crippen molar-refractivity contribution in [3.8, 4) is 0 Å². The summed E-state index contributed by atoms with van der Waals surface area (Å²) in [7, 11) is 0. The van der Waals surface area contributed by atoms with Gasteiger partial charge in [-0.2, -0.15) is 0 Å². The number of nitrogens with zero attached hydrogens (tertiary/aromatic N) is 1. The van der Waals surface area contributed by atoms with E-state index in [1.165, 1.54) is 11.3 Å². The maximum absolute atomic E-state index is 12.4. The van der Waals surface area contributed by atoms with E-state index in [1.54, 1.807) is 30.3 Å². The van der Waals surface area contributed by atoms with E-state index < -0.39 is 11.4 Å². The predicted octanol–water partition coefficient (Wildman–Crippen LogP) is 2.83. The number of hydrogen-bond donors (Lipinski definition) is 2. The number of carbonyl (C=O) groups excluding carboxylic acids is 1. The molecule has 1 aromatic heterocycles. The number of anilines is 2. The van der Waals surface area contributed by atoms with Gasteiger partial charge in [-0.1, -0.05) is 17.4 Å². The summed E-state index contributed by atoms with van der Waals surface area (Å²) in [6, 6.07) is 12.2. The Morgan fingerprint density at radius 2 is 2.00 bits per heavy atom. The van der Waals surface area contributed by atoms with E-state index >= 15 is 0 Å². The van der Waals surface area contributed by atoms with Crippen molar-refractivity contribution < 1.29 is 9.35 Å². The monoisotopic (exact) mass is 317 g/mol. The van der Waals surface area contributed by atoms with Gasteiger partial charge in [-0.05, 0) is 36.4 Å². The van der Waals surface area contributed by atoms with Crippen LogP contribution in [-0.2, 0) is 11.4 Å². The van der Waals surface area contributed by atoms with E-state index in [1.807, 2.05) is 12.1 Å². The maximum Gasteiger partial charge on any atom is 0.206 e. The number of nitrogens with one attached hydrogen (secondary N) is 1. The quantitative estimate of drug-likeness (QED) is 0.570. The first-order chi connectivity index (χ1) is 10.2. The molecule has 0 aliphatic carbocycles. The Hall–Kier alpha value is -2.09. The molecule has 0 aliphatic heterocycles. The van der Waals surface area contributed by atoms with Gasteiger partial charge in [-0.3, -0.25) is 4.79 Å². The topological polar surface area (TPSA) is 91.1 Å². The van der Waals surface area contributed by atoms with Gasteiger partial charge >= 0.3 is 0 Å². The van der Waals surface area contributed by atoms with Crippen LogP contribution in [0.25, 0.3) is 10.2 Å². The third-order valence-corrected chi connectivity index (χ3v) is 4.86. The summed E-state index contributed by atoms with van der Waals surface area (Å²) in [6.07, 6.45) is 0.763. The molecule has 7 heteroatoms. The minimum atomic E-state index is -1.45. The van der Waals surface area contributed by atoms with Crippen LogP contribution in [0.3, 0.4) is 0 Å². The first-order valence-corrected chi connectivity index (χ1v) is 8.03. The van der Waals surface area contributed by atoms with Crippen molar-refractivity contribution in [2.75, 3.05) is 10.5 Å². The predicted molar refractivity (Wildman–Crippen MR) is 85.9 cm³/mol. The van der Waals surface area contributed by atoms with Crippen LogP contribution in [0, 0.1) is 0 Å². The van der Waals surface area contributed by atoms with Gasteiger partial charge in [0.2, 0.25) is 4.90 Å². The van der Waals surface area contributed by atoms with E-state index in [2.05, 4.69) is 9.71 Å². The molecule has 1 unspecified atom stereocenters. The number of aromatic nitrogens is 1. The Labute approximate surface area is 128 Å². The molecule has 0 saturated carbocycles. The zero-order valence-corrected chi connectivity index (χ0v) is 12.4. The highest BCUT2D eigenvalue weighted by Gasteiger charge is 2.18. The second-order valence-electron chi connectivity index (χ2n) is 4.27. The van der Waals surface area contributed by atoms with Crippen molar-refractivity contribution in [2.45, 2.75) is 4.90 Å². The second kappa shape index (κ2) is 5.72. The molecule has 0 radical (unpaired) electrons. The molecule has 1 heterocycles. The summed E-state index contributed by atoms with van der Waals surface area (Å²) >= 11 is -0.0934. The lowest BCUT2D eigenvalue weighted by molar-refractivity contribution is 0.112. The Balaban J connectivity index is 1.89. The summed E-state index contributed by atoms with van der Waals surface area (Å²) < 4.78 is 16.2. The minimum Gasteiger partial charge on any atom is -0.588 e. The molecule has 0 spiro atoms. The van der Waals surface area contributed by atoms with Gasteiger partial charge in [0, 0.05) is 5.56 Å². The van der Waals surface area contributed by atoms with Gasteiger partial charge in [-0.25, -0.2) is 9.71 Å². The number of nitrogen functional groups attached to an aromatic ring is 1. The number of aldehydes is 1. The van der Waals surface area contributed by atoms with E-state index in [-0.39, 0.29) is 0 Å². The van der Waals surface area contributed by atoms with Crippen molar-refractivity contribution >= 4 is 50.0 Å². The molecule has 3 N–H and O–H groups in total. The number of carbonyl (C=O) groups is 1. The van der Waals surface area contributed by atoms with Crippen LogP contribution >= 0.6 is 11.3 Å². The van der Waals surface area contributed by atoms with Crippen LogP contribution in [0.15, 0.2) is 47.4 Å².